The first-order valence-electron chi connectivity index (χ1n) is 9.51. The van der Waals surface area contributed by atoms with Crippen LogP contribution < -0.4 is 9.64 Å². The SMILES string of the molecule is CCOc1ccccc1N1CCN(Cc2c(C)[nH]c3ccccc23)CC1. The Morgan fingerprint density at radius 1 is 0.962 bits per heavy atom. The number of nitrogens with one attached hydrogen (secondary N) is 1. The van der Waals surface area contributed by atoms with Gasteiger partial charge in [0.25, 0.3) is 0 Å². The lowest BCUT2D eigenvalue weighted by Gasteiger charge is -2.36. The van der Waals surface area contributed by atoms with Crippen LogP contribution >= 0.6 is 0 Å². The van der Waals surface area contributed by atoms with Gasteiger partial charge in [-0.05, 0) is 37.6 Å². The third kappa shape index (κ3) is 3.29. The normalized spacial score (nSPS) is 15.5. The standard InChI is InChI=1S/C22H27N3O/c1-3-26-22-11-7-6-10-21(22)25-14-12-24(13-15-25)16-19-17(2)23-20-9-5-4-8-18(19)20/h4-11,23H,3,12-16H2,1-2H3. The summed E-state index contributed by atoms with van der Waals surface area (Å²) in [5, 5.41) is 1.36. The van der Waals surface area contributed by atoms with E-state index in [0.29, 0.717) is 6.61 Å². The number of aromatic amines is 1. The summed E-state index contributed by atoms with van der Waals surface area (Å²) in [7, 11) is 0. The molecule has 2 heterocycles. The molecule has 0 atom stereocenters. The summed E-state index contributed by atoms with van der Waals surface area (Å²) < 4.78 is 5.81. The van der Waals surface area contributed by atoms with Crippen LogP contribution in [0.25, 0.3) is 10.9 Å². The Bertz CT molecular complexity index is 878. The van der Waals surface area contributed by atoms with Crippen molar-refractivity contribution >= 4 is 16.6 Å². The highest BCUT2D eigenvalue weighted by Gasteiger charge is 2.21. The first kappa shape index (κ1) is 17.0. The van der Waals surface area contributed by atoms with Gasteiger partial charge in [0, 0.05) is 49.3 Å². The number of aromatic nitrogens is 1. The van der Waals surface area contributed by atoms with Crippen LogP contribution in [0.1, 0.15) is 18.2 Å². The molecule has 1 N–H and O–H groups in total. The number of H-pyrrole nitrogens is 1. The topological polar surface area (TPSA) is 31.5 Å². The molecule has 1 aliphatic heterocycles. The first-order chi connectivity index (χ1) is 12.8. The van der Waals surface area contributed by atoms with Crippen molar-refractivity contribution in [3.8, 4) is 5.75 Å². The molecule has 0 radical (unpaired) electrons. The summed E-state index contributed by atoms with van der Waals surface area (Å²) in [6, 6.07) is 17.0. The molecule has 1 aliphatic rings. The van der Waals surface area contributed by atoms with Crippen LogP contribution in [0.3, 0.4) is 0 Å². The minimum absolute atomic E-state index is 0.705. The van der Waals surface area contributed by atoms with E-state index < -0.39 is 0 Å². The molecule has 2 aromatic carbocycles. The van der Waals surface area contributed by atoms with E-state index in [9.17, 15) is 0 Å². The number of nitrogens with zero attached hydrogens (tertiary/aromatic N) is 2. The van der Waals surface area contributed by atoms with Crippen molar-refractivity contribution in [2.45, 2.75) is 20.4 Å². The van der Waals surface area contributed by atoms with E-state index in [1.54, 1.807) is 0 Å². The molecule has 0 spiro atoms. The third-order valence-corrected chi connectivity index (χ3v) is 5.29. The largest absolute Gasteiger partial charge is 0.492 e. The van der Waals surface area contributed by atoms with Gasteiger partial charge in [-0.1, -0.05) is 30.3 Å². The number of benzene rings is 2. The van der Waals surface area contributed by atoms with Crippen LogP contribution in [-0.2, 0) is 6.54 Å². The minimum atomic E-state index is 0.705. The molecule has 4 nitrogen and oxygen atoms in total. The lowest BCUT2D eigenvalue weighted by Crippen LogP contribution is -2.46. The molecule has 4 heteroatoms. The van der Waals surface area contributed by atoms with Crippen molar-refractivity contribution in [1.29, 1.82) is 0 Å². The highest BCUT2D eigenvalue weighted by molar-refractivity contribution is 5.84. The van der Waals surface area contributed by atoms with Gasteiger partial charge in [0.1, 0.15) is 5.75 Å². The van der Waals surface area contributed by atoms with Gasteiger partial charge in [-0.3, -0.25) is 4.90 Å². The van der Waals surface area contributed by atoms with E-state index in [-0.39, 0.29) is 0 Å². The lowest BCUT2D eigenvalue weighted by molar-refractivity contribution is 0.249. The Kier molecular flexibility index (Phi) is 4.85. The minimum Gasteiger partial charge on any atom is -0.492 e. The summed E-state index contributed by atoms with van der Waals surface area (Å²) in [6.45, 7) is 10.1. The highest BCUT2D eigenvalue weighted by Crippen LogP contribution is 2.29. The summed E-state index contributed by atoms with van der Waals surface area (Å²) in [5.41, 5.74) is 5.18. The molecule has 136 valence electrons. The van der Waals surface area contributed by atoms with E-state index in [4.69, 9.17) is 4.74 Å². The Balaban J connectivity index is 1.45. The van der Waals surface area contributed by atoms with Crippen molar-refractivity contribution in [2.24, 2.45) is 0 Å². The zero-order valence-electron chi connectivity index (χ0n) is 15.7. The second-order valence-corrected chi connectivity index (χ2v) is 6.94. The average molecular weight is 349 g/mol. The van der Waals surface area contributed by atoms with Crippen LogP contribution in [0.15, 0.2) is 48.5 Å². The molecular formula is C22H27N3O. The number of aryl methyl sites for hydroxylation is 1. The van der Waals surface area contributed by atoms with E-state index in [1.807, 2.05) is 13.0 Å². The van der Waals surface area contributed by atoms with Gasteiger partial charge in [-0.2, -0.15) is 0 Å². The molecule has 1 aromatic heterocycles. The predicted molar refractivity (Wildman–Crippen MR) is 108 cm³/mol. The number of rotatable bonds is 5. The van der Waals surface area contributed by atoms with Crippen LogP contribution in [0.2, 0.25) is 0 Å². The molecule has 26 heavy (non-hydrogen) atoms. The average Bonchev–Trinajstić information content (AvgIpc) is 2.99. The fraction of sp³-hybridized carbons (Fsp3) is 0.364. The van der Waals surface area contributed by atoms with E-state index in [2.05, 4.69) is 64.2 Å². The maximum Gasteiger partial charge on any atom is 0.142 e. The molecule has 4 rings (SSSR count). The zero-order chi connectivity index (χ0) is 17.9. The van der Waals surface area contributed by atoms with Crippen molar-refractivity contribution in [3.63, 3.8) is 0 Å². The third-order valence-electron chi connectivity index (χ3n) is 5.29. The summed E-state index contributed by atoms with van der Waals surface area (Å²) >= 11 is 0. The molecule has 1 fully saturated rings. The number of fused-ring (bicyclic) bond motifs is 1. The van der Waals surface area contributed by atoms with Gasteiger partial charge in [0.15, 0.2) is 0 Å². The van der Waals surface area contributed by atoms with Gasteiger partial charge in [0.05, 0.1) is 12.3 Å². The number of hydrogen-bond donors (Lipinski definition) is 1. The Labute approximate surface area is 155 Å². The smallest absolute Gasteiger partial charge is 0.142 e. The van der Waals surface area contributed by atoms with Crippen LogP contribution in [0.5, 0.6) is 5.75 Å². The summed E-state index contributed by atoms with van der Waals surface area (Å²) in [5.74, 6) is 0.996. The fourth-order valence-electron chi connectivity index (χ4n) is 3.90. The van der Waals surface area contributed by atoms with E-state index in [1.165, 1.54) is 27.8 Å². The summed E-state index contributed by atoms with van der Waals surface area (Å²) in [6.07, 6.45) is 0. The van der Waals surface area contributed by atoms with Crippen molar-refractivity contribution in [3.05, 3.63) is 59.8 Å². The fourth-order valence-corrected chi connectivity index (χ4v) is 3.90. The van der Waals surface area contributed by atoms with Gasteiger partial charge < -0.3 is 14.6 Å². The van der Waals surface area contributed by atoms with Gasteiger partial charge in [0.2, 0.25) is 0 Å². The Hall–Kier alpha value is -2.46. The zero-order valence-corrected chi connectivity index (χ0v) is 15.7. The molecule has 0 saturated carbocycles. The number of hydrogen-bond acceptors (Lipinski definition) is 3. The second-order valence-electron chi connectivity index (χ2n) is 6.94. The number of piperazine rings is 1. The van der Waals surface area contributed by atoms with Gasteiger partial charge >= 0.3 is 0 Å². The number of para-hydroxylation sites is 3. The molecule has 1 saturated heterocycles. The Morgan fingerprint density at radius 2 is 1.69 bits per heavy atom. The quantitative estimate of drug-likeness (QED) is 0.749. The lowest BCUT2D eigenvalue weighted by atomic mass is 10.1. The molecule has 0 bridgehead atoms. The molecule has 3 aromatic rings. The Morgan fingerprint density at radius 3 is 2.50 bits per heavy atom. The molecular weight excluding hydrogens is 322 g/mol. The molecule has 0 unspecified atom stereocenters. The van der Waals surface area contributed by atoms with E-state index in [0.717, 1.165) is 38.5 Å². The van der Waals surface area contributed by atoms with E-state index >= 15 is 0 Å². The van der Waals surface area contributed by atoms with Crippen molar-refractivity contribution in [1.82, 2.24) is 9.88 Å². The monoisotopic (exact) mass is 349 g/mol. The van der Waals surface area contributed by atoms with Gasteiger partial charge in [-0.15, -0.1) is 0 Å². The molecule has 0 amide bonds. The van der Waals surface area contributed by atoms with Crippen molar-refractivity contribution < 1.29 is 4.74 Å². The van der Waals surface area contributed by atoms with Crippen LogP contribution in [-0.4, -0.2) is 42.7 Å². The first-order valence-corrected chi connectivity index (χ1v) is 9.51. The second kappa shape index (κ2) is 7.42. The number of anilines is 1. The van der Waals surface area contributed by atoms with Crippen LogP contribution in [0, 0.1) is 6.92 Å². The summed E-state index contributed by atoms with van der Waals surface area (Å²) in [4.78, 5) is 8.53. The maximum atomic E-state index is 5.81. The maximum absolute atomic E-state index is 5.81. The number of ether oxygens (including phenoxy) is 1. The molecule has 0 aliphatic carbocycles. The van der Waals surface area contributed by atoms with Crippen molar-refractivity contribution in [2.75, 3.05) is 37.7 Å². The highest BCUT2D eigenvalue weighted by atomic mass is 16.5. The van der Waals surface area contributed by atoms with Gasteiger partial charge in [-0.25, -0.2) is 0 Å². The van der Waals surface area contributed by atoms with Crippen LogP contribution in [0.4, 0.5) is 5.69 Å². The predicted octanol–water partition coefficient (Wildman–Crippen LogP) is 4.20.